The molecule has 0 bridgehead atoms. The van der Waals surface area contributed by atoms with Crippen LogP contribution >= 0.6 is 0 Å². The normalized spacial score (nSPS) is 27.1. The molecule has 1 fully saturated rings. The van der Waals surface area contributed by atoms with E-state index >= 15 is 0 Å². The van der Waals surface area contributed by atoms with Crippen LogP contribution in [0.5, 0.6) is 0 Å². The lowest BCUT2D eigenvalue weighted by molar-refractivity contribution is -0.137. The first-order valence-corrected chi connectivity index (χ1v) is 6.01. The van der Waals surface area contributed by atoms with Crippen molar-refractivity contribution >= 4 is 11.9 Å². The van der Waals surface area contributed by atoms with Gasteiger partial charge in [0.05, 0.1) is 6.42 Å². The molecule has 0 spiro atoms. The lowest BCUT2D eigenvalue weighted by Gasteiger charge is -2.26. The Morgan fingerprint density at radius 1 is 1.44 bits per heavy atom. The van der Waals surface area contributed by atoms with Crippen molar-refractivity contribution in [1.29, 1.82) is 0 Å². The van der Waals surface area contributed by atoms with Crippen LogP contribution in [-0.2, 0) is 9.59 Å². The lowest BCUT2D eigenvalue weighted by Crippen LogP contribution is -2.39. The average Bonchev–Trinajstić information content (AvgIpc) is 2.16. The zero-order valence-corrected chi connectivity index (χ0v) is 10.0. The molecule has 0 aromatic heterocycles. The van der Waals surface area contributed by atoms with Crippen LogP contribution in [0.2, 0.25) is 0 Å². The average molecular weight is 227 g/mol. The summed E-state index contributed by atoms with van der Waals surface area (Å²) < 4.78 is 0. The van der Waals surface area contributed by atoms with Crippen molar-refractivity contribution in [2.75, 3.05) is 0 Å². The quantitative estimate of drug-likeness (QED) is 0.769. The predicted octanol–water partition coefficient (Wildman–Crippen LogP) is 1.79. The van der Waals surface area contributed by atoms with Crippen LogP contribution in [-0.4, -0.2) is 23.0 Å². The minimum absolute atomic E-state index is 0.00594. The van der Waals surface area contributed by atoms with E-state index in [1.165, 1.54) is 6.42 Å². The molecule has 2 N–H and O–H groups in total. The molecule has 16 heavy (non-hydrogen) atoms. The van der Waals surface area contributed by atoms with Crippen molar-refractivity contribution in [3.05, 3.63) is 0 Å². The maximum atomic E-state index is 11.8. The van der Waals surface area contributed by atoms with Gasteiger partial charge in [-0.15, -0.1) is 0 Å². The summed E-state index contributed by atoms with van der Waals surface area (Å²) in [5.41, 5.74) is 0. The molecule has 0 heterocycles. The number of nitrogens with one attached hydrogen (secondary N) is 1. The van der Waals surface area contributed by atoms with E-state index in [4.69, 9.17) is 5.11 Å². The Bertz CT molecular complexity index is 265. The topological polar surface area (TPSA) is 66.4 Å². The summed E-state index contributed by atoms with van der Waals surface area (Å²) in [5, 5.41) is 11.4. The molecule has 0 aromatic carbocycles. The number of hydrogen-bond acceptors (Lipinski definition) is 2. The van der Waals surface area contributed by atoms with Crippen molar-refractivity contribution in [3.63, 3.8) is 0 Å². The molecule has 3 atom stereocenters. The smallest absolute Gasteiger partial charge is 0.305 e. The van der Waals surface area contributed by atoms with Gasteiger partial charge in [-0.05, 0) is 25.7 Å². The molecule has 4 heteroatoms. The Kier molecular flexibility index (Phi) is 4.77. The summed E-state index contributed by atoms with van der Waals surface area (Å²) in [4.78, 5) is 22.3. The van der Waals surface area contributed by atoms with Gasteiger partial charge in [0.1, 0.15) is 0 Å². The standard InChI is InChI=1S/C12H21NO3/c1-8-4-3-5-10(6-8)12(16)13-9(2)7-11(14)15/h8-10H,3-7H2,1-2H3,(H,13,16)(H,14,15)/t8-,9-,10+/m1/s1. The number of carbonyl (C=O) groups excluding carboxylic acids is 1. The van der Waals surface area contributed by atoms with E-state index in [-0.39, 0.29) is 24.3 Å². The minimum Gasteiger partial charge on any atom is -0.481 e. The number of rotatable bonds is 4. The first kappa shape index (κ1) is 13.0. The first-order chi connectivity index (χ1) is 7.49. The third kappa shape index (κ3) is 4.21. The molecular weight excluding hydrogens is 206 g/mol. The fourth-order valence-corrected chi connectivity index (χ4v) is 2.35. The van der Waals surface area contributed by atoms with Gasteiger partial charge in [-0.3, -0.25) is 9.59 Å². The van der Waals surface area contributed by atoms with Gasteiger partial charge < -0.3 is 10.4 Å². The van der Waals surface area contributed by atoms with Gasteiger partial charge in [0, 0.05) is 12.0 Å². The Hall–Kier alpha value is -1.06. The predicted molar refractivity (Wildman–Crippen MR) is 61.0 cm³/mol. The van der Waals surface area contributed by atoms with Crippen molar-refractivity contribution in [1.82, 2.24) is 5.32 Å². The highest BCUT2D eigenvalue weighted by molar-refractivity contribution is 5.79. The van der Waals surface area contributed by atoms with Crippen LogP contribution in [0.25, 0.3) is 0 Å². The molecule has 1 aliphatic rings. The molecule has 0 aliphatic heterocycles. The van der Waals surface area contributed by atoms with E-state index in [0.29, 0.717) is 5.92 Å². The molecule has 0 saturated heterocycles. The van der Waals surface area contributed by atoms with E-state index in [0.717, 1.165) is 19.3 Å². The van der Waals surface area contributed by atoms with E-state index in [2.05, 4.69) is 12.2 Å². The first-order valence-electron chi connectivity index (χ1n) is 6.01. The Morgan fingerprint density at radius 2 is 2.12 bits per heavy atom. The summed E-state index contributed by atoms with van der Waals surface area (Å²) in [5.74, 6) is -0.149. The maximum Gasteiger partial charge on any atom is 0.305 e. The van der Waals surface area contributed by atoms with Gasteiger partial charge in [-0.2, -0.15) is 0 Å². The molecule has 0 unspecified atom stereocenters. The second kappa shape index (κ2) is 5.87. The van der Waals surface area contributed by atoms with Crippen LogP contribution in [0.3, 0.4) is 0 Å². The second-order valence-electron chi connectivity index (χ2n) is 4.98. The summed E-state index contributed by atoms with van der Waals surface area (Å²) >= 11 is 0. The zero-order valence-electron chi connectivity index (χ0n) is 10.0. The van der Waals surface area contributed by atoms with Crippen LogP contribution in [0.4, 0.5) is 0 Å². The molecule has 92 valence electrons. The van der Waals surface area contributed by atoms with Crippen molar-refractivity contribution in [2.24, 2.45) is 11.8 Å². The third-order valence-corrected chi connectivity index (χ3v) is 3.18. The lowest BCUT2D eigenvalue weighted by atomic mass is 9.82. The largest absolute Gasteiger partial charge is 0.481 e. The molecule has 1 rings (SSSR count). The van der Waals surface area contributed by atoms with E-state index in [1.54, 1.807) is 6.92 Å². The van der Waals surface area contributed by atoms with E-state index in [1.807, 2.05) is 0 Å². The van der Waals surface area contributed by atoms with Crippen LogP contribution in [0, 0.1) is 11.8 Å². The number of carboxylic acid groups (broad SMARTS) is 1. The molecule has 0 radical (unpaired) electrons. The van der Waals surface area contributed by atoms with Crippen molar-refractivity contribution < 1.29 is 14.7 Å². The summed E-state index contributed by atoms with van der Waals surface area (Å²) in [6.45, 7) is 3.90. The van der Waals surface area contributed by atoms with Gasteiger partial charge in [0.2, 0.25) is 5.91 Å². The van der Waals surface area contributed by atoms with Gasteiger partial charge in [0.25, 0.3) is 0 Å². The molecule has 0 aromatic rings. The zero-order chi connectivity index (χ0) is 12.1. The second-order valence-corrected chi connectivity index (χ2v) is 4.98. The van der Waals surface area contributed by atoms with Gasteiger partial charge in [-0.25, -0.2) is 0 Å². The SMILES string of the molecule is C[C@@H]1CCC[C@H](C(=O)N[C@H](C)CC(=O)O)C1. The highest BCUT2D eigenvalue weighted by Gasteiger charge is 2.25. The van der Waals surface area contributed by atoms with Gasteiger partial charge >= 0.3 is 5.97 Å². The fraction of sp³-hybridized carbons (Fsp3) is 0.833. The molecule has 4 nitrogen and oxygen atoms in total. The molecule has 1 saturated carbocycles. The van der Waals surface area contributed by atoms with Crippen LogP contribution in [0.15, 0.2) is 0 Å². The summed E-state index contributed by atoms with van der Waals surface area (Å²) in [6.07, 6.45) is 4.18. The summed E-state index contributed by atoms with van der Waals surface area (Å²) in [7, 11) is 0. The third-order valence-electron chi connectivity index (χ3n) is 3.18. The summed E-state index contributed by atoms with van der Waals surface area (Å²) in [6, 6.07) is -0.276. The van der Waals surface area contributed by atoms with Crippen LogP contribution < -0.4 is 5.32 Å². The molecule has 1 amide bonds. The molecule has 1 aliphatic carbocycles. The number of amides is 1. The number of aliphatic carboxylic acids is 1. The van der Waals surface area contributed by atoms with E-state index in [9.17, 15) is 9.59 Å². The maximum absolute atomic E-state index is 11.8. The fourth-order valence-electron chi connectivity index (χ4n) is 2.35. The number of hydrogen-bond donors (Lipinski definition) is 2. The monoisotopic (exact) mass is 227 g/mol. The van der Waals surface area contributed by atoms with Crippen LogP contribution in [0.1, 0.15) is 46.0 Å². The Labute approximate surface area is 96.4 Å². The van der Waals surface area contributed by atoms with Gasteiger partial charge in [0.15, 0.2) is 0 Å². The number of carboxylic acids is 1. The highest BCUT2D eigenvalue weighted by Crippen LogP contribution is 2.28. The van der Waals surface area contributed by atoms with Gasteiger partial charge in [-0.1, -0.05) is 19.8 Å². The Morgan fingerprint density at radius 3 is 2.69 bits per heavy atom. The van der Waals surface area contributed by atoms with Crippen molar-refractivity contribution in [3.8, 4) is 0 Å². The molecular formula is C12H21NO3. The minimum atomic E-state index is -0.871. The highest BCUT2D eigenvalue weighted by atomic mass is 16.4. The number of carbonyl (C=O) groups is 2. The van der Waals surface area contributed by atoms with Crippen molar-refractivity contribution in [2.45, 2.75) is 52.0 Å². The van der Waals surface area contributed by atoms with E-state index < -0.39 is 5.97 Å². The Balaban J connectivity index is 2.36.